The first-order chi connectivity index (χ1) is 8.59. The highest BCUT2D eigenvalue weighted by Gasteiger charge is 2.28. The average molecular weight is 249 g/mol. The minimum Gasteiger partial charge on any atom is -0.327 e. The van der Waals surface area contributed by atoms with Crippen LogP contribution in [0.25, 0.3) is 0 Å². The van der Waals surface area contributed by atoms with Gasteiger partial charge in [0, 0.05) is 17.5 Å². The minimum atomic E-state index is -0.317. The molecular formula is C15H20FNO. The lowest BCUT2D eigenvalue weighted by molar-refractivity contribution is 0.0894. The summed E-state index contributed by atoms with van der Waals surface area (Å²) in [4.78, 5) is 12.4. The molecule has 18 heavy (non-hydrogen) atoms. The van der Waals surface area contributed by atoms with E-state index in [1.54, 1.807) is 19.1 Å². The Hall–Kier alpha value is -1.22. The average Bonchev–Trinajstić information content (AvgIpc) is 2.56. The van der Waals surface area contributed by atoms with Gasteiger partial charge in [0.25, 0.3) is 0 Å². The quantitative estimate of drug-likeness (QED) is 0.646. The van der Waals surface area contributed by atoms with E-state index in [4.69, 9.17) is 5.73 Å². The van der Waals surface area contributed by atoms with Crippen LogP contribution in [0.3, 0.4) is 0 Å². The zero-order chi connectivity index (χ0) is 13.1. The van der Waals surface area contributed by atoms with Gasteiger partial charge in [-0.2, -0.15) is 0 Å². The normalized spacial score (nSPS) is 24.6. The number of Topliss-reactive ketones (excluding diaryl/α,β-unsaturated/α-hetero) is 1. The van der Waals surface area contributed by atoms with Crippen molar-refractivity contribution in [3.05, 3.63) is 35.1 Å². The van der Waals surface area contributed by atoms with Gasteiger partial charge < -0.3 is 5.73 Å². The highest BCUT2D eigenvalue weighted by Crippen LogP contribution is 2.26. The van der Waals surface area contributed by atoms with Crippen molar-refractivity contribution in [3.8, 4) is 0 Å². The van der Waals surface area contributed by atoms with Crippen molar-refractivity contribution in [2.75, 3.05) is 0 Å². The molecule has 0 aliphatic heterocycles. The molecule has 2 atom stereocenters. The van der Waals surface area contributed by atoms with Crippen LogP contribution < -0.4 is 5.73 Å². The summed E-state index contributed by atoms with van der Waals surface area (Å²) in [5, 5.41) is 0. The molecular weight excluding hydrogens is 229 g/mol. The van der Waals surface area contributed by atoms with Gasteiger partial charge >= 0.3 is 0 Å². The predicted molar refractivity (Wildman–Crippen MR) is 70.0 cm³/mol. The molecule has 1 fully saturated rings. The third-order valence-electron chi connectivity index (χ3n) is 3.86. The number of rotatable bonds is 2. The standard InChI is InChI=1S/C15H20FNO/c1-10-7-8-11(9-13(10)16)15(18)12-5-3-2-4-6-14(12)17/h7-9,12,14H,2-6,17H2,1H3. The summed E-state index contributed by atoms with van der Waals surface area (Å²) in [5.74, 6) is -0.457. The van der Waals surface area contributed by atoms with Gasteiger partial charge in [0.15, 0.2) is 5.78 Å². The molecule has 1 aromatic carbocycles. The maximum Gasteiger partial charge on any atom is 0.167 e. The highest BCUT2D eigenvalue weighted by molar-refractivity contribution is 5.98. The number of ketones is 1. The molecule has 0 radical (unpaired) electrons. The summed E-state index contributed by atoms with van der Waals surface area (Å²) >= 11 is 0. The Labute approximate surface area is 107 Å². The third kappa shape index (κ3) is 2.78. The second kappa shape index (κ2) is 5.61. The van der Waals surface area contributed by atoms with Gasteiger partial charge in [-0.1, -0.05) is 31.4 Å². The smallest absolute Gasteiger partial charge is 0.167 e. The van der Waals surface area contributed by atoms with E-state index in [9.17, 15) is 9.18 Å². The number of hydrogen-bond acceptors (Lipinski definition) is 2. The van der Waals surface area contributed by atoms with E-state index in [0.29, 0.717) is 11.1 Å². The van der Waals surface area contributed by atoms with Crippen molar-refractivity contribution >= 4 is 5.78 Å². The minimum absolute atomic E-state index is 0.00306. The lowest BCUT2D eigenvalue weighted by Crippen LogP contribution is -2.34. The summed E-state index contributed by atoms with van der Waals surface area (Å²) in [5.41, 5.74) is 7.10. The van der Waals surface area contributed by atoms with Crippen LogP contribution in [-0.4, -0.2) is 11.8 Å². The number of nitrogens with two attached hydrogens (primary N) is 1. The van der Waals surface area contributed by atoms with Gasteiger partial charge in [-0.3, -0.25) is 4.79 Å². The summed E-state index contributed by atoms with van der Waals surface area (Å²) in [6.45, 7) is 1.70. The van der Waals surface area contributed by atoms with Crippen molar-refractivity contribution in [2.45, 2.75) is 45.1 Å². The molecule has 2 nitrogen and oxygen atoms in total. The van der Waals surface area contributed by atoms with E-state index in [1.165, 1.54) is 6.07 Å². The van der Waals surface area contributed by atoms with Crippen LogP contribution >= 0.6 is 0 Å². The monoisotopic (exact) mass is 249 g/mol. The number of carbonyl (C=O) groups excluding carboxylic acids is 1. The first-order valence-electron chi connectivity index (χ1n) is 6.65. The van der Waals surface area contributed by atoms with Gasteiger partial charge in [-0.05, 0) is 31.4 Å². The largest absolute Gasteiger partial charge is 0.327 e. The molecule has 98 valence electrons. The van der Waals surface area contributed by atoms with Crippen LogP contribution in [0.5, 0.6) is 0 Å². The van der Waals surface area contributed by atoms with E-state index < -0.39 is 0 Å². The van der Waals surface area contributed by atoms with E-state index in [1.807, 2.05) is 0 Å². The second-order valence-corrected chi connectivity index (χ2v) is 5.24. The Morgan fingerprint density at radius 1 is 1.28 bits per heavy atom. The molecule has 0 aromatic heterocycles. The number of carbonyl (C=O) groups is 1. The molecule has 2 N–H and O–H groups in total. The maximum absolute atomic E-state index is 13.5. The Balaban J connectivity index is 2.21. The fraction of sp³-hybridized carbons (Fsp3) is 0.533. The van der Waals surface area contributed by atoms with Crippen LogP contribution in [0.1, 0.15) is 48.0 Å². The van der Waals surface area contributed by atoms with Crippen molar-refractivity contribution in [2.24, 2.45) is 11.7 Å². The van der Waals surface area contributed by atoms with Crippen molar-refractivity contribution in [1.29, 1.82) is 0 Å². The molecule has 0 amide bonds. The van der Waals surface area contributed by atoms with Crippen molar-refractivity contribution < 1.29 is 9.18 Å². The topological polar surface area (TPSA) is 43.1 Å². The summed E-state index contributed by atoms with van der Waals surface area (Å²) < 4.78 is 13.5. The zero-order valence-corrected chi connectivity index (χ0v) is 10.8. The van der Waals surface area contributed by atoms with Crippen LogP contribution in [-0.2, 0) is 0 Å². The van der Waals surface area contributed by atoms with Crippen LogP contribution in [0, 0.1) is 18.7 Å². The van der Waals surface area contributed by atoms with E-state index in [2.05, 4.69) is 0 Å². The Morgan fingerprint density at radius 2 is 2.00 bits per heavy atom. The molecule has 0 bridgehead atoms. The molecule has 2 unspecified atom stereocenters. The van der Waals surface area contributed by atoms with Crippen LogP contribution in [0.15, 0.2) is 18.2 Å². The van der Waals surface area contributed by atoms with Gasteiger partial charge in [0.05, 0.1) is 0 Å². The molecule has 0 saturated heterocycles. The molecule has 2 rings (SSSR count). The molecule has 1 aromatic rings. The fourth-order valence-electron chi connectivity index (χ4n) is 2.62. The number of halogens is 1. The van der Waals surface area contributed by atoms with Crippen molar-refractivity contribution in [3.63, 3.8) is 0 Å². The molecule has 1 saturated carbocycles. The Kier molecular flexibility index (Phi) is 4.12. The SMILES string of the molecule is Cc1ccc(C(=O)C2CCCCCC2N)cc1F. The predicted octanol–water partition coefficient (Wildman–Crippen LogP) is 3.22. The number of benzene rings is 1. The highest BCUT2D eigenvalue weighted by atomic mass is 19.1. The Bertz CT molecular complexity index is 444. The first-order valence-corrected chi connectivity index (χ1v) is 6.65. The number of aryl methyl sites for hydroxylation is 1. The zero-order valence-electron chi connectivity index (χ0n) is 10.8. The van der Waals surface area contributed by atoms with Gasteiger partial charge in [0.1, 0.15) is 5.82 Å². The third-order valence-corrected chi connectivity index (χ3v) is 3.86. The lowest BCUT2D eigenvalue weighted by Gasteiger charge is -2.20. The van der Waals surface area contributed by atoms with E-state index in [-0.39, 0.29) is 23.6 Å². The van der Waals surface area contributed by atoms with Gasteiger partial charge in [-0.25, -0.2) is 4.39 Å². The molecule has 3 heteroatoms. The first kappa shape index (κ1) is 13.2. The van der Waals surface area contributed by atoms with Crippen LogP contribution in [0.2, 0.25) is 0 Å². The molecule has 0 spiro atoms. The summed E-state index contributed by atoms with van der Waals surface area (Å²) in [6.07, 6.45) is 4.99. The van der Waals surface area contributed by atoms with Crippen molar-refractivity contribution in [1.82, 2.24) is 0 Å². The maximum atomic E-state index is 13.5. The Morgan fingerprint density at radius 3 is 2.72 bits per heavy atom. The van der Waals surface area contributed by atoms with Crippen LogP contribution in [0.4, 0.5) is 4.39 Å². The van der Waals surface area contributed by atoms with Gasteiger partial charge in [-0.15, -0.1) is 0 Å². The van der Waals surface area contributed by atoms with E-state index >= 15 is 0 Å². The van der Waals surface area contributed by atoms with Gasteiger partial charge in [0.2, 0.25) is 0 Å². The number of hydrogen-bond donors (Lipinski definition) is 1. The summed E-state index contributed by atoms with van der Waals surface area (Å²) in [7, 11) is 0. The molecule has 0 heterocycles. The summed E-state index contributed by atoms with van der Waals surface area (Å²) in [6, 6.07) is 4.63. The van der Waals surface area contributed by atoms with E-state index in [0.717, 1.165) is 32.1 Å². The molecule has 1 aliphatic carbocycles. The second-order valence-electron chi connectivity index (χ2n) is 5.24. The lowest BCUT2D eigenvalue weighted by atomic mass is 9.87. The molecule has 1 aliphatic rings. The fourth-order valence-corrected chi connectivity index (χ4v) is 2.62.